The molecule has 3 aromatic rings. The van der Waals surface area contributed by atoms with Crippen molar-refractivity contribution < 1.29 is 12.8 Å². The molecule has 0 unspecified atom stereocenters. The van der Waals surface area contributed by atoms with Crippen molar-refractivity contribution in [1.82, 2.24) is 24.1 Å². The molecule has 0 amide bonds. The summed E-state index contributed by atoms with van der Waals surface area (Å²) in [5, 5.41) is 5.45. The number of piperazine rings is 1. The van der Waals surface area contributed by atoms with E-state index in [1.54, 1.807) is 21.1 Å². The fourth-order valence-corrected chi connectivity index (χ4v) is 5.32. The molecule has 1 aromatic carbocycles. The number of rotatable bonds is 5. The van der Waals surface area contributed by atoms with Gasteiger partial charge >= 0.3 is 0 Å². The highest BCUT2D eigenvalue weighted by molar-refractivity contribution is 7.89. The molecule has 10 heteroatoms. The van der Waals surface area contributed by atoms with E-state index in [0.717, 1.165) is 16.9 Å². The molecule has 0 bridgehead atoms. The van der Waals surface area contributed by atoms with Crippen molar-refractivity contribution in [2.45, 2.75) is 27.2 Å². The molecular formula is C20H25FN6O2S. The summed E-state index contributed by atoms with van der Waals surface area (Å²) in [5.74, 6) is 1.22. The maximum absolute atomic E-state index is 13.3. The van der Waals surface area contributed by atoms with Gasteiger partial charge in [0.2, 0.25) is 10.0 Å². The number of sulfonamides is 1. The summed E-state index contributed by atoms with van der Waals surface area (Å²) in [4.78, 5) is 11.4. The van der Waals surface area contributed by atoms with E-state index in [9.17, 15) is 12.8 Å². The van der Waals surface area contributed by atoms with E-state index in [1.807, 2.05) is 20.8 Å². The molecular weight excluding hydrogens is 407 g/mol. The molecule has 0 radical (unpaired) electrons. The second-order valence-corrected chi connectivity index (χ2v) is 9.56. The van der Waals surface area contributed by atoms with Crippen molar-refractivity contribution in [3.8, 4) is 5.69 Å². The first kappa shape index (κ1) is 20.7. The van der Waals surface area contributed by atoms with Crippen LogP contribution in [-0.4, -0.2) is 64.4 Å². The maximum Gasteiger partial charge on any atom is 0.214 e. The molecule has 160 valence electrons. The van der Waals surface area contributed by atoms with Crippen LogP contribution in [0.25, 0.3) is 16.7 Å². The van der Waals surface area contributed by atoms with Gasteiger partial charge in [-0.25, -0.2) is 27.5 Å². The lowest BCUT2D eigenvalue weighted by molar-refractivity contribution is 0.384. The number of nitrogens with zero attached hydrogens (tertiary/aromatic N) is 6. The van der Waals surface area contributed by atoms with Crippen LogP contribution in [0.3, 0.4) is 0 Å². The molecule has 3 heterocycles. The van der Waals surface area contributed by atoms with E-state index in [-0.39, 0.29) is 11.6 Å². The summed E-state index contributed by atoms with van der Waals surface area (Å²) in [6.45, 7) is 7.55. The van der Waals surface area contributed by atoms with E-state index in [1.165, 1.54) is 12.1 Å². The Balaban J connectivity index is 1.70. The van der Waals surface area contributed by atoms with Gasteiger partial charge in [0.15, 0.2) is 5.65 Å². The Morgan fingerprint density at radius 3 is 2.33 bits per heavy atom. The zero-order chi connectivity index (χ0) is 21.5. The third-order valence-corrected chi connectivity index (χ3v) is 7.34. The molecule has 1 fully saturated rings. The van der Waals surface area contributed by atoms with Gasteiger partial charge in [-0.1, -0.05) is 6.92 Å². The zero-order valence-electron chi connectivity index (χ0n) is 17.3. The Labute approximate surface area is 175 Å². The molecule has 0 atom stereocenters. The fraction of sp³-hybridized carbons (Fsp3) is 0.450. The number of hydrogen-bond donors (Lipinski definition) is 0. The summed E-state index contributed by atoms with van der Waals surface area (Å²) >= 11 is 0. The lowest BCUT2D eigenvalue weighted by Crippen LogP contribution is -2.49. The van der Waals surface area contributed by atoms with Gasteiger partial charge in [-0.3, -0.25) is 0 Å². The van der Waals surface area contributed by atoms with E-state index < -0.39 is 10.0 Å². The average Bonchev–Trinajstić information content (AvgIpc) is 3.04. The molecule has 8 nitrogen and oxygen atoms in total. The van der Waals surface area contributed by atoms with Gasteiger partial charge in [0.05, 0.1) is 22.5 Å². The molecule has 2 aromatic heterocycles. The minimum absolute atomic E-state index is 0.174. The lowest BCUT2D eigenvalue weighted by Gasteiger charge is -2.35. The first-order chi connectivity index (χ1) is 14.3. The van der Waals surface area contributed by atoms with E-state index in [2.05, 4.69) is 20.0 Å². The number of aromatic nitrogens is 4. The number of anilines is 1. The Bertz CT molecular complexity index is 1170. The van der Waals surface area contributed by atoms with Crippen LogP contribution in [0.4, 0.5) is 10.2 Å². The summed E-state index contributed by atoms with van der Waals surface area (Å²) in [6.07, 6.45) is 0.607. The molecule has 1 aliphatic rings. The number of halogens is 1. The van der Waals surface area contributed by atoms with Crippen molar-refractivity contribution in [2.24, 2.45) is 0 Å². The minimum Gasteiger partial charge on any atom is -0.353 e. The van der Waals surface area contributed by atoms with Crippen LogP contribution < -0.4 is 4.90 Å². The van der Waals surface area contributed by atoms with Gasteiger partial charge < -0.3 is 4.90 Å². The third kappa shape index (κ3) is 3.77. The number of fused-ring (bicyclic) bond motifs is 1. The molecule has 4 rings (SSSR count). The van der Waals surface area contributed by atoms with Crippen LogP contribution in [0.15, 0.2) is 24.3 Å². The van der Waals surface area contributed by atoms with Gasteiger partial charge in [-0.15, -0.1) is 0 Å². The van der Waals surface area contributed by atoms with Crippen molar-refractivity contribution >= 4 is 26.9 Å². The predicted octanol–water partition coefficient (Wildman–Crippen LogP) is 2.43. The summed E-state index contributed by atoms with van der Waals surface area (Å²) in [6, 6.07) is 6.11. The zero-order valence-corrected chi connectivity index (χ0v) is 18.2. The molecule has 1 saturated heterocycles. The van der Waals surface area contributed by atoms with Crippen LogP contribution in [0.5, 0.6) is 0 Å². The lowest BCUT2D eigenvalue weighted by atomic mass is 10.2. The predicted molar refractivity (Wildman–Crippen MR) is 114 cm³/mol. The second kappa shape index (κ2) is 7.92. The first-order valence-electron chi connectivity index (χ1n) is 10.0. The molecule has 0 saturated carbocycles. The van der Waals surface area contributed by atoms with Crippen LogP contribution in [0.2, 0.25) is 0 Å². The summed E-state index contributed by atoms with van der Waals surface area (Å²) in [5.41, 5.74) is 2.14. The van der Waals surface area contributed by atoms with Crippen molar-refractivity contribution in [1.29, 1.82) is 0 Å². The molecule has 1 aliphatic heterocycles. The molecule has 0 aliphatic carbocycles. The quantitative estimate of drug-likeness (QED) is 0.616. The Morgan fingerprint density at radius 2 is 1.70 bits per heavy atom. The Morgan fingerprint density at radius 1 is 1.03 bits per heavy atom. The van der Waals surface area contributed by atoms with Crippen LogP contribution in [0.1, 0.15) is 24.9 Å². The molecule has 0 spiro atoms. The average molecular weight is 433 g/mol. The second-order valence-electron chi connectivity index (χ2n) is 7.47. The van der Waals surface area contributed by atoms with Gasteiger partial charge in [0.1, 0.15) is 17.5 Å². The number of hydrogen-bond acceptors (Lipinski definition) is 6. The van der Waals surface area contributed by atoms with Crippen molar-refractivity contribution in [2.75, 3.05) is 36.8 Å². The summed E-state index contributed by atoms with van der Waals surface area (Å²) in [7, 11) is -3.21. The van der Waals surface area contributed by atoms with Gasteiger partial charge in [-0.05, 0) is 44.5 Å². The highest BCUT2D eigenvalue weighted by atomic mass is 32.2. The minimum atomic E-state index is -3.21. The monoisotopic (exact) mass is 432 g/mol. The van der Waals surface area contributed by atoms with Gasteiger partial charge in [0, 0.05) is 26.2 Å². The smallest absolute Gasteiger partial charge is 0.214 e. The Hall–Kier alpha value is -2.59. The van der Waals surface area contributed by atoms with Crippen molar-refractivity contribution in [3.05, 3.63) is 41.6 Å². The van der Waals surface area contributed by atoms with Gasteiger partial charge in [-0.2, -0.15) is 9.40 Å². The van der Waals surface area contributed by atoms with Crippen molar-refractivity contribution in [3.63, 3.8) is 0 Å². The largest absolute Gasteiger partial charge is 0.353 e. The highest BCUT2D eigenvalue weighted by Gasteiger charge is 2.29. The first-order valence-corrected chi connectivity index (χ1v) is 11.6. The van der Waals surface area contributed by atoms with Crippen LogP contribution >= 0.6 is 0 Å². The molecule has 30 heavy (non-hydrogen) atoms. The standard InChI is InChI=1S/C20H25FN6O2S/c1-4-13-30(28,29)26-11-9-25(10-12-26)19-18-14(2)24-27(20(18)23-15(3)22-19)17-7-5-16(21)6-8-17/h5-8H,4,9-13H2,1-3H3. The normalized spacial score (nSPS) is 15.8. The van der Waals surface area contributed by atoms with Crippen LogP contribution in [-0.2, 0) is 10.0 Å². The van der Waals surface area contributed by atoms with Gasteiger partial charge in [0.25, 0.3) is 0 Å². The van der Waals surface area contributed by atoms with E-state index >= 15 is 0 Å². The highest BCUT2D eigenvalue weighted by Crippen LogP contribution is 2.29. The topological polar surface area (TPSA) is 84.2 Å². The Kier molecular flexibility index (Phi) is 5.46. The third-order valence-electron chi connectivity index (χ3n) is 5.26. The summed E-state index contributed by atoms with van der Waals surface area (Å²) < 4.78 is 41.4. The number of aryl methyl sites for hydroxylation is 2. The van der Waals surface area contributed by atoms with E-state index in [4.69, 9.17) is 0 Å². The number of benzene rings is 1. The fourth-order valence-electron chi connectivity index (χ4n) is 3.82. The molecule has 0 N–H and O–H groups in total. The maximum atomic E-state index is 13.3. The van der Waals surface area contributed by atoms with Crippen LogP contribution in [0, 0.1) is 19.7 Å². The van der Waals surface area contributed by atoms with E-state index in [0.29, 0.717) is 49.8 Å². The SMILES string of the molecule is CCCS(=O)(=O)N1CCN(c2nc(C)nc3c2c(C)nn3-c2ccc(F)cc2)CC1.